The molecule has 1 saturated heterocycles. The van der Waals surface area contributed by atoms with Crippen molar-refractivity contribution in [3.63, 3.8) is 0 Å². The molecule has 23 heteroatoms. The van der Waals surface area contributed by atoms with Crippen LogP contribution in [-0.2, 0) is 57.5 Å². The molecule has 77 heavy (non-hydrogen) atoms. The summed E-state index contributed by atoms with van der Waals surface area (Å²) in [5.41, 5.74) is 0. The maximum atomic E-state index is 14.4. The van der Waals surface area contributed by atoms with Gasteiger partial charge in [0.15, 0.2) is 0 Å². The number of carboxylic acid groups (broad SMARTS) is 3. The summed E-state index contributed by atoms with van der Waals surface area (Å²) >= 11 is 0. The minimum atomic E-state index is -1.75. The number of nitrogens with one attached hydrogen (secondary N) is 7. The van der Waals surface area contributed by atoms with Crippen molar-refractivity contribution in [2.24, 2.45) is 35.5 Å². The van der Waals surface area contributed by atoms with E-state index in [1.807, 2.05) is 0 Å². The van der Waals surface area contributed by atoms with Crippen LogP contribution in [0.3, 0.4) is 0 Å². The van der Waals surface area contributed by atoms with Crippen LogP contribution in [0.25, 0.3) is 0 Å². The van der Waals surface area contributed by atoms with E-state index in [4.69, 9.17) is 9.84 Å². The molecule has 0 saturated carbocycles. The lowest BCUT2D eigenvalue weighted by atomic mass is 9.93. The smallest absolute Gasteiger partial charge is 0.328 e. The van der Waals surface area contributed by atoms with Crippen molar-refractivity contribution in [1.29, 1.82) is 0 Å². The number of aliphatic hydroxyl groups excluding tert-OH is 1. The fraction of sp³-hybridized carbons (Fsp3) is 0.796. The standard InChI is InChI=1S/C54H93N7O16/c1-29(2)22-37-49(71)58-39(24-31(5)6)52(74)61-47(33(9)10)53(75)59-40(27-46(68)69)51(73)57-38(23-30(3)4)50(72)60-41(25-32(7)8)54(76)77-42(28-43(63)55-36(48(70)56-37)20-21-44(64)65)34(11)18-16-14-12-13-15-17-19-35(62)26-45(66)67/h29-42,47,62H,12-28H2,1-11H3,(H,55,63)(H,56,70)(H,57,73)(H,58,71)(H,59,75)(H,60,72)(H,61,74)(H,64,65)(H,66,67)(H,68,69)/t34-,35+,36+,37+,38-,39-,40+,41+,42+,47+/m1/s1. The second kappa shape index (κ2) is 35.5. The average molecular weight is 1100 g/mol. The Kier molecular flexibility index (Phi) is 31.9. The van der Waals surface area contributed by atoms with E-state index in [1.54, 1.807) is 76.2 Å². The largest absolute Gasteiger partial charge is 0.481 e. The lowest BCUT2D eigenvalue weighted by Gasteiger charge is -2.30. The molecule has 1 aliphatic rings. The van der Waals surface area contributed by atoms with Crippen LogP contribution in [0.15, 0.2) is 0 Å². The second-order valence-corrected chi connectivity index (χ2v) is 22.8. The third-order valence-corrected chi connectivity index (χ3v) is 13.0. The first-order chi connectivity index (χ1) is 35.9. The summed E-state index contributed by atoms with van der Waals surface area (Å²) < 4.78 is 6.11. The number of amides is 7. The van der Waals surface area contributed by atoms with Crippen LogP contribution in [0.5, 0.6) is 0 Å². The number of carbonyl (C=O) groups is 11. The molecule has 1 rings (SSSR count). The van der Waals surface area contributed by atoms with Crippen LogP contribution in [0.2, 0.25) is 0 Å². The maximum Gasteiger partial charge on any atom is 0.328 e. The Morgan fingerprint density at radius 1 is 0.481 bits per heavy atom. The number of esters is 1. The molecule has 1 heterocycles. The number of hydrogen-bond acceptors (Lipinski definition) is 13. The monoisotopic (exact) mass is 1100 g/mol. The van der Waals surface area contributed by atoms with Crippen LogP contribution >= 0.6 is 0 Å². The number of carboxylic acids is 3. The van der Waals surface area contributed by atoms with Gasteiger partial charge in [-0.15, -0.1) is 0 Å². The molecule has 7 amide bonds. The van der Waals surface area contributed by atoms with Gasteiger partial charge in [0.25, 0.3) is 0 Å². The van der Waals surface area contributed by atoms with Crippen LogP contribution in [-0.4, -0.2) is 140 Å². The second-order valence-electron chi connectivity index (χ2n) is 22.8. The molecule has 0 aromatic carbocycles. The fourth-order valence-corrected chi connectivity index (χ4v) is 8.92. The number of hydrogen-bond donors (Lipinski definition) is 11. The van der Waals surface area contributed by atoms with Crippen molar-refractivity contribution < 1.29 is 77.9 Å². The Labute approximate surface area is 454 Å². The topological polar surface area (TPSA) is 362 Å². The highest BCUT2D eigenvalue weighted by Gasteiger charge is 2.38. The molecule has 0 aliphatic carbocycles. The average Bonchev–Trinajstić information content (AvgIpc) is 3.29. The van der Waals surface area contributed by atoms with Gasteiger partial charge >= 0.3 is 23.9 Å². The minimum Gasteiger partial charge on any atom is -0.481 e. The first-order valence-corrected chi connectivity index (χ1v) is 27.6. The molecule has 440 valence electrons. The van der Waals surface area contributed by atoms with Gasteiger partial charge in [-0.1, -0.05) is 115 Å². The predicted molar refractivity (Wildman–Crippen MR) is 284 cm³/mol. The van der Waals surface area contributed by atoms with Crippen molar-refractivity contribution >= 4 is 65.2 Å². The molecule has 1 fully saturated rings. The highest BCUT2D eigenvalue weighted by molar-refractivity contribution is 5.98. The van der Waals surface area contributed by atoms with E-state index in [9.17, 15) is 68.1 Å². The third kappa shape index (κ3) is 28.9. The van der Waals surface area contributed by atoms with Gasteiger partial charge in [-0.05, 0) is 80.5 Å². The SMILES string of the molecule is CC(C)C[C@@H]1NC(=O)[C@H](CCC(=O)O)NC(=O)C[C@@H]([C@H](C)CCCCCCCC[C@H](O)CC(=O)O)OC(=O)[C@H](CC(C)C)NC(=O)[C@@H](CC(C)C)NC(=O)[C@H](CC(=O)O)NC(=O)[C@H](C(C)C)NC(=O)[C@@H](CC(C)C)NC1=O. The highest BCUT2D eigenvalue weighted by Crippen LogP contribution is 2.23. The van der Waals surface area contributed by atoms with Crippen molar-refractivity contribution in [2.75, 3.05) is 0 Å². The van der Waals surface area contributed by atoms with E-state index in [0.717, 1.165) is 25.7 Å². The number of cyclic esters (lactones) is 1. The van der Waals surface area contributed by atoms with E-state index in [0.29, 0.717) is 25.7 Å². The van der Waals surface area contributed by atoms with Crippen molar-refractivity contribution in [1.82, 2.24) is 37.2 Å². The summed E-state index contributed by atoms with van der Waals surface area (Å²) in [5.74, 6) is -12.9. The normalized spacial score (nSPS) is 24.1. The van der Waals surface area contributed by atoms with E-state index in [-0.39, 0.29) is 55.8 Å². The zero-order valence-electron chi connectivity index (χ0n) is 47.4. The van der Waals surface area contributed by atoms with Crippen LogP contribution in [0.1, 0.15) is 185 Å². The van der Waals surface area contributed by atoms with Crippen molar-refractivity contribution in [2.45, 2.75) is 240 Å². The first-order valence-electron chi connectivity index (χ1n) is 27.6. The Morgan fingerprint density at radius 3 is 1.32 bits per heavy atom. The molecular formula is C54H93N7O16. The molecule has 0 spiro atoms. The molecule has 0 aromatic rings. The molecule has 23 nitrogen and oxygen atoms in total. The van der Waals surface area contributed by atoms with E-state index in [2.05, 4.69) is 37.2 Å². The molecule has 0 bridgehead atoms. The van der Waals surface area contributed by atoms with Gasteiger partial charge < -0.3 is 62.4 Å². The quantitative estimate of drug-likeness (QED) is 0.0436. The zero-order valence-corrected chi connectivity index (χ0v) is 47.4. The highest BCUT2D eigenvalue weighted by atomic mass is 16.5. The van der Waals surface area contributed by atoms with E-state index >= 15 is 0 Å². The van der Waals surface area contributed by atoms with Crippen molar-refractivity contribution in [3.05, 3.63) is 0 Å². The Balaban J connectivity index is 3.95. The van der Waals surface area contributed by atoms with Gasteiger partial charge in [-0.2, -0.15) is 0 Å². The van der Waals surface area contributed by atoms with E-state index in [1.165, 1.54) is 0 Å². The van der Waals surface area contributed by atoms with Crippen LogP contribution in [0.4, 0.5) is 0 Å². The Hall–Kier alpha value is -5.87. The lowest BCUT2D eigenvalue weighted by Crippen LogP contribution is -2.61. The third-order valence-electron chi connectivity index (χ3n) is 13.0. The Bertz CT molecular complexity index is 1960. The van der Waals surface area contributed by atoms with Gasteiger partial charge in [0.2, 0.25) is 41.4 Å². The Morgan fingerprint density at radius 2 is 0.883 bits per heavy atom. The molecule has 10 atom stereocenters. The number of aliphatic hydroxyl groups is 1. The van der Waals surface area contributed by atoms with E-state index < -0.39 is 157 Å². The van der Waals surface area contributed by atoms with Crippen molar-refractivity contribution in [3.8, 4) is 0 Å². The fourth-order valence-electron chi connectivity index (χ4n) is 8.92. The molecular weight excluding hydrogens is 1000 g/mol. The molecule has 0 radical (unpaired) electrons. The number of carbonyl (C=O) groups excluding carboxylic acids is 8. The number of unbranched alkanes of at least 4 members (excludes halogenated alkanes) is 5. The summed E-state index contributed by atoms with van der Waals surface area (Å²) in [7, 11) is 0. The predicted octanol–water partition coefficient (Wildman–Crippen LogP) is 3.47. The summed E-state index contributed by atoms with van der Waals surface area (Å²) in [6.45, 7) is 19.2. The molecule has 11 N–H and O–H groups in total. The summed E-state index contributed by atoms with van der Waals surface area (Å²) in [5, 5.41) is 56.6. The van der Waals surface area contributed by atoms with Gasteiger partial charge in [-0.25, -0.2) is 4.79 Å². The zero-order chi connectivity index (χ0) is 58.7. The van der Waals surface area contributed by atoms with Gasteiger partial charge in [0.05, 0.1) is 25.4 Å². The van der Waals surface area contributed by atoms with Gasteiger partial charge in [0, 0.05) is 6.42 Å². The number of aliphatic carboxylic acids is 3. The maximum absolute atomic E-state index is 14.4. The summed E-state index contributed by atoms with van der Waals surface area (Å²) in [6, 6.07) is -9.93. The van der Waals surface area contributed by atoms with Crippen LogP contribution in [0, 0.1) is 35.5 Å². The lowest BCUT2D eigenvalue weighted by molar-refractivity contribution is -0.158. The summed E-state index contributed by atoms with van der Waals surface area (Å²) in [4.78, 5) is 148. The minimum absolute atomic E-state index is 0.00352. The first kappa shape index (κ1) is 69.1. The van der Waals surface area contributed by atoms with Gasteiger partial charge in [0.1, 0.15) is 48.4 Å². The molecule has 1 aliphatic heterocycles. The van der Waals surface area contributed by atoms with Gasteiger partial charge in [-0.3, -0.25) is 47.9 Å². The molecule has 0 aromatic heterocycles. The number of rotatable bonds is 26. The summed E-state index contributed by atoms with van der Waals surface area (Å²) in [6.07, 6.45) is 0.535. The number of ether oxygens (including phenoxy) is 1. The van der Waals surface area contributed by atoms with Crippen LogP contribution < -0.4 is 37.2 Å². The molecule has 0 unspecified atom stereocenters.